The van der Waals surface area contributed by atoms with Gasteiger partial charge >= 0.3 is 0 Å². The molecular weight excluding hydrogens is 260 g/mol. The quantitative estimate of drug-likeness (QED) is 0.858. The van der Waals surface area contributed by atoms with Crippen LogP contribution in [0.1, 0.15) is 29.6 Å². The van der Waals surface area contributed by atoms with E-state index in [1.165, 1.54) is 12.8 Å². The molecule has 3 atom stereocenters. The van der Waals surface area contributed by atoms with E-state index < -0.39 is 0 Å². The molecule has 2 fully saturated rings. The van der Waals surface area contributed by atoms with E-state index >= 15 is 0 Å². The van der Waals surface area contributed by atoms with Gasteiger partial charge in [0.1, 0.15) is 0 Å². The monoisotopic (exact) mass is 278 g/mol. The van der Waals surface area contributed by atoms with Gasteiger partial charge in [-0.05, 0) is 48.9 Å². The van der Waals surface area contributed by atoms with Gasteiger partial charge in [0.05, 0.1) is 0 Å². The van der Waals surface area contributed by atoms with Crippen LogP contribution in [0.15, 0.2) is 24.3 Å². The molecule has 3 nitrogen and oxygen atoms in total. The van der Waals surface area contributed by atoms with Crippen molar-refractivity contribution in [2.24, 2.45) is 17.6 Å². The molecule has 1 amide bonds. The van der Waals surface area contributed by atoms with Gasteiger partial charge in [-0.25, -0.2) is 0 Å². The summed E-state index contributed by atoms with van der Waals surface area (Å²) in [5.41, 5.74) is 6.90. The van der Waals surface area contributed by atoms with Crippen LogP contribution in [-0.2, 0) is 0 Å². The molecule has 1 saturated heterocycles. The lowest BCUT2D eigenvalue weighted by molar-refractivity contribution is 0.0783. The molecule has 3 unspecified atom stereocenters. The Morgan fingerprint density at radius 1 is 1.21 bits per heavy atom. The zero-order chi connectivity index (χ0) is 13.4. The van der Waals surface area contributed by atoms with Gasteiger partial charge in [0.25, 0.3) is 5.91 Å². The standard InChI is InChI=1S/C15H19ClN2O/c16-12-6-4-10(5-7-12)15(19)18-8-11-2-1-3-14(17)13(11)9-18/h4-7,11,13-14H,1-3,8-9,17H2. The highest BCUT2D eigenvalue weighted by atomic mass is 35.5. The molecule has 0 aromatic heterocycles. The SMILES string of the molecule is NC1CCCC2CN(C(=O)c3ccc(Cl)cc3)CC12. The second-order valence-corrected chi connectivity index (χ2v) is 6.17. The van der Waals surface area contributed by atoms with Gasteiger partial charge in [0.15, 0.2) is 0 Å². The van der Waals surface area contributed by atoms with Crippen LogP contribution in [0, 0.1) is 11.8 Å². The van der Waals surface area contributed by atoms with E-state index in [2.05, 4.69) is 0 Å². The zero-order valence-electron chi connectivity index (χ0n) is 10.9. The van der Waals surface area contributed by atoms with Crippen LogP contribution in [0.4, 0.5) is 0 Å². The minimum atomic E-state index is 0.110. The number of nitrogens with zero attached hydrogens (tertiary/aromatic N) is 1. The number of rotatable bonds is 1. The van der Waals surface area contributed by atoms with Gasteiger partial charge in [-0.15, -0.1) is 0 Å². The summed E-state index contributed by atoms with van der Waals surface area (Å²) in [7, 11) is 0. The first kappa shape index (κ1) is 12.9. The fourth-order valence-corrected chi connectivity index (χ4v) is 3.58. The predicted octanol–water partition coefficient (Wildman–Crippen LogP) is 2.54. The third-order valence-corrected chi connectivity index (χ3v) is 4.78. The summed E-state index contributed by atoms with van der Waals surface area (Å²) in [4.78, 5) is 14.4. The molecule has 0 radical (unpaired) electrons. The molecule has 1 saturated carbocycles. The minimum Gasteiger partial charge on any atom is -0.338 e. The molecule has 1 aliphatic carbocycles. The Balaban J connectivity index is 1.73. The summed E-state index contributed by atoms with van der Waals surface area (Å²) in [6.45, 7) is 1.67. The van der Waals surface area contributed by atoms with E-state index in [0.717, 1.165) is 25.1 Å². The summed E-state index contributed by atoms with van der Waals surface area (Å²) >= 11 is 5.85. The van der Waals surface area contributed by atoms with E-state index in [1.807, 2.05) is 4.90 Å². The van der Waals surface area contributed by atoms with E-state index in [0.29, 0.717) is 16.9 Å². The maximum atomic E-state index is 12.5. The summed E-state index contributed by atoms with van der Waals surface area (Å²) < 4.78 is 0. The Hall–Kier alpha value is -1.06. The van der Waals surface area contributed by atoms with Crippen LogP contribution in [0.3, 0.4) is 0 Å². The van der Waals surface area contributed by atoms with Crippen molar-refractivity contribution >= 4 is 17.5 Å². The number of nitrogens with two attached hydrogens (primary N) is 1. The number of halogens is 1. The normalized spacial score (nSPS) is 30.2. The number of amides is 1. The molecule has 1 aromatic rings. The molecule has 0 spiro atoms. The molecule has 3 rings (SSSR count). The van der Waals surface area contributed by atoms with E-state index in [1.54, 1.807) is 24.3 Å². The zero-order valence-corrected chi connectivity index (χ0v) is 11.6. The second kappa shape index (κ2) is 5.14. The number of benzene rings is 1. The van der Waals surface area contributed by atoms with Crippen molar-refractivity contribution in [3.05, 3.63) is 34.9 Å². The van der Waals surface area contributed by atoms with Crippen molar-refractivity contribution in [1.82, 2.24) is 4.90 Å². The van der Waals surface area contributed by atoms with Crippen LogP contribution in [0.5, 0.6) is 0 Å². The molecule has 1 aromatic carbocycles. The van der Waals surface area contributed by atoms with Gasteiger partial charge in [-0.2, -0.15) is 0 Å². The van der Waals surface area contributed by atoms with Crippen molar-refractivity contribution in [2.45, 2.75) is 25.3 Å². The maximum absolute atomic E-state index is 12.5. The fraction of sp³-hybridized carbons (Fsp3) is 0.533. The lowest BCUT2D eigenvalue weighted by Gasteiger charge is -2.29. The third-order valence-electron chi connectivity index (χ3n) is 4.53. The summed E-state index contributed by atoms with van der Waals surface area (Å²) in [5, 5.41) is 0.661. The predicted molar refractivity (Wildman–Crippen MR) is 76.2 cm³/mol. The fourth-order valence-electron chi connectivity index (χ4n) is 3.46. The average Bonchev–Trinajstić information content (AvgIpc) is 2.84. The first-order valence-electron chi connectivity index (χ1n) is 6.95. The second-order valence-electron chi connectivity index (χ2n) is 5.74. The molecule has 4 heteroatoms. The van der Waals surface area contributed by atoms with Crippen molar-refractivity contribution < 1.29 is 4.79 Å². The summed E-state index contributed by atoms with van der Waals surface area (Å²) in [6.07, 6.45) is 3.51. The minimum absolute atomic E-state index is 0.110. The van der Waals surface area contributed by atoms with Gasteiger partial charge < -0.3 is 10.6 Å². The largest absolute Gasteiger partial charge is 0.338 e. The Bertz CT molecular complexity index is 474. The number of carbonyl (C=O) groups is 1. The molecule has 2 aliphatic rings. The highest BCUT2D eigenvalue weighted by Crippen LogP contribution is 2.36. The smallest absolute Gasteiger partial charge is 0.253 e. The van der Waals surface area contributed by atoms with Gasteiger partial charge in [-0.1, -0.05) is 18.0 Å². The lowest BCUT2D eigenvalue weighted by Crippen LogP contribution is -2.38. The topological polar surface area (TPSA) is 46.3 Å². The molecule has 102 valence electrons. The molecular formula is C15H19ClN2O. The van der Waals surface area contributed by atoms with E-state index in [9.17, 15) is 4.79 Å². The van der Waals surface area contributed by atoms with Gasteiger partial charge in [0, 0.05) is 29.7 Å². The third kappa shape index (κ3) is 2.49. The van der Waals surface area contributed by atoms with Crippen molar-refractivity contribution in [1.29, 1.82) is 0 Å². The molecule has 1 aliphatic heterocycles. The van der Waals surface area contributed by atoms with E-state index in [-0.39, 0.29) is 11.9 Å². The molecule has 1 heterocycles. The van der Waals surface area contributed by atoms with Crippen molar-refractivity contribution in [3.8, 4) is 0 Å². The number of fused-ring (bicyclic) bond motifs is 1. The number of likely N-dealkylation sites (tertiary alicyclic amines) is 1. The Labute approximate surface area is 118 Å². The van der Waals surface area contributed by atoms with Crippen LogP contribution >= 0.6 is 11.6 Å². The highest BCUT2D eigenvalue weighted by molar-refractivity contribution is 6.30. The first-order valence-corrected chi connectivity index (χ1v) is 7.33. The molecule has 19 heavy (non-hydrogen) atoms. The molecule has 0 bridgehead atoms. The number of hydrogen-bond acceptors (Lipinski definition) is 2. The number of carbonyl (C=O) groups excluding carboxylic acids is 1. The highest BCUT2D eigenvalue weighted by Gasteiger charge is 2.40. The van der Waals surface area contributed by atoms with Crippen LogP contribution in [0.2, 0.25) is 5.02 Å². The average molecular weight is 279 g/mol. The van der Waals surface area contributed by atoms with Crippen LogP contribution < -0.4 is 5.73 Å². The Morgan fingerprint density at radius 3 is 2.63 bits per heavy atom. The maximum Gasteiger partial charge on any atom is 0.253 e. The lowest BCUT2D eigenvalue weighted by atomic mass is 9.78. The summed E-state index contributed by atoms with van der Waals surface area (Å²) in [5.74, 6) is 1.20. The van der Waals surface area contributed by atoms with Crippen LogP contribution in [0.25, 0.3) is 0 Å². The summed E-state index contributed by atoms with van der Waals surface area (Å²) in [6, 6.07) is 7.40. The Morgan fingerprint density at radius 2 is 1.95 bits per heavy atom. The number of hydrogen-bond donors (Lipinski definition) is 1. The van der Waals surface area contributed by atoms with Crippen molar-refractivity contribution in [2.75, 3.05) is 13.1 Å². The Kier molecular flexibility index (Phi) is 3.50. The first-order chi connectivity index (χ1) is 9.15. The van der Waals surface area contributed by atoms with Gasteiger partial charge in [-0.3, -0.25) is 4.79 Å². The van der Waals surface area contributed by atoms with E-state index in [4.69, 9.17) is 17.3 Å². The van der Waals surface area contributed by atoms with Gasteiger partial charge in [0.2, 0.25) is 0 Å². The van der Waals surface area contributed by atoms with Crippen LogP contribution in [-0.4, -0.2) is 29.9 Å². The molecule has 2 N–H and O–H groups in total. The van der Waals surface area contributed by atoms with Crippen molar-refractivity contribution in [3.63, 3.8) is 0 Å².